The fraction of sp³-hybridized carbons (Fsp3) is 1.00. The van der Waals surface area contributed by atoms with Crippen molar-refractivity contribution >= 4 is 0 Å². The second kappa shape index (κ2) is 9.40. The molecule has 0 rings (SSSR count). The van der Waals surface area contributed by atoms with Crippen LogP contribution in [0.25, 0.3) is 0 Å². The second-order valence-electron chi connectivity index (χ2n) is 4.48. The minimum absolute atomic E-state index is 0.301. The van der Waals surface area contributed by atoms with Crippen LogP contribution in [-0.4, -0.2) is 63.2 Å². The molecular formula is C10H28N4. The van der Waals surface area contributed by atoms with Crippen LogP contribution in [0.4, 0.5) is 0 Å². The van der Waals surface area contributed by atoms with Crippen molar-refractivity contribution < 1.29 is 0 Å². The van der Waals surface area contributed by atoms with Crippen molar-refractivity contribution in [3.05, 3.63) is 0 Å². The maximum Gasteiger partial charge on any atom is 0.0138 e. The van der Waals surface area contributed by atoms with Gasteiger partial charge in [-0.2, -0.15) is 0 Å². The van der Waals surface area contributed by atoms with Crippen LogP contribution in [0, 0.1) is 0 Å². The lowest BCUT2D eigenvalue weighted by atomic mass is 10.3. The molecule has 4 heteroatoms. The Morgan fingerprint density at radius 2 is 1.00 bits per heavy atom. The molecule has 0 aromatic carbocycles. The molecule has 0 saturated heterocycles. The second-order valence-corrected chi connectivity index (χ2v) is 4.48. The van der Waals surface area contributed by atoms with E-state index in [9.17, 15) is 0 Å². The van der Waals surface area contributed by atoms with E-state index >= 15 is 0 Å². The van der Waals surface area contributed by atoms with E-state index in [1.165, 1.54) is 0 Å². The first-order valence-corrected chi connectivity index (χ1v) is 5.06. The Morgan fingerprint density at radius 1 is 0.786 bits per heavy atom. The predicted molar refractivity (Wildman–Crippen MR) is 64.4 cm³/mol. The van der Waals surface area contributed by atoms with Gasteiger partial charge in [-0.15, -0.1) is 0 Å². The summed E-state index contributed by atoms with van der Waals surface area (Å²) in [7, 11) is 8.07. The van der Waals surface area contributed by atoms with Crippen LogP contribution in [0.15, 0.2) is 0 Å². The average molecular weight is 204 g/mol. The lowest BCUT2D eigenvalue weighted by Crippen LogP contribution is -2.30. The van der Waals surface area contributed by atoms with Gasteiger partial charge in [0.2, 0.25) is 0 Å². The highest BCUT2D eigenvalue weighted by Crippen LogP contribution is 1.77. The monoisotopic (exact) mass is 204 g/mol. The number of hydrogen-bond acceptors (Lipinski definition) is 4. The van der Waals surface area contributed by atoms with Crippen molar-refractivity contribution in [1.82, 2.24) is 9.80 Å². The third-order valence-corrected chi connectivity index (χ3v) is 1.31. The molecule has 2 atom stereocenters. The van der Waals surface area contributed by atoms with Crippen LogP contribution >= 0.6 is 0 Å². The highest BCUT2D eigenvalue weighted by molar-refractivity contribution is 4.54. The molecule has 4 N–H and O–H groups in total. The van der Waals surface area contributed by atoms with Crippen molar-refractivity contribution in [3.8, 4) is 0 Å². The molecule has 0 aliphatic carbocycles. The maximum absolute atomic E-state index is 5.45. The normalized spacial score (nSPS) is 15.0. The predicted octanol–water partition coefficient (Wildman–Crippen LogP) is -0.210. The average Bonchev–Trinajstić information content (AvgIpc) is 1.79. The number of rotatable bonds is 4. The molecule has 4 nitrogen and oxygen atoms in total. The van der Waals surface area contributed by atoms with E-state index in [2.05, 4.69) is 9.80 Å². The first-order valence-electron chi connectivity index (χ1n) is 5.06. The van der Waals surface area contributed by atoms with Crippen molar-refractivity contribution in [2.45, 2.75) is 25.9 Å². The first kappa shape index (κ1) is 16.3. The number of likely N-dealkylation sites (N-methyl/N-ethyl adjacent to an activating group) is 2. The molecule has 0 aromatic heterocycles. The Hall–Kier alpha value is -0.160. The van der Waals surface area contributed by atoms with Gasteiger partial charge in [0.25, 0.3) is 0 Å². The van der Waals surface area contributed by atoms with Gasteiger partial charge in [-0.3, -0.25) is 0 Å². The summed E-state index contributed by atoms with van der Waals surface area (Å²) in [6.45, 7) is 5.94. The summed E-state index contributed by atoms with van der Waals surface area (Å²) < 4.78 is 0. The zero-order valence-corrected chi connectivity index (χ0v) is 10.6. The van der Waals surface area contributed by atoms with Gasteiger partial charge in [0.1, 0.15) is 0 Å². The summed E-state index contributed by atoms with van der Waals surface area (Å²) in [6, 6.07) is 0.602. The summed E-state index contributed by atoms with van der Waals surface area (Å²) in [5, 5.41) is 0. The maximum atomic E-state index is 5.45. The van der Waals surface area contributed by atoms with Gasteiger partial charge in [-0.1, -0.05) is 0 Å². The highest BCUT2D eigenvalue weighted by atomic mass is 15.1. The fourth-order valence-electron chi connectivity index (χ4n) is 1.15. The Kier molecular flexibility index (Phi) is 10.9. The zero-order valence-electron chi connectivity index (χ0n) is 10.6. The standard InChI is InChI=1S/2C5H14N2/c2*1-5(6)4-7(2)3/h2*5H,4,6H2,1-3H3. The van der Waals surface area contributed by atoms with Gasteiger partial charge in [-0.05, 0) is 42.0 Å². The minimum atomic E-state index is 0.301. The lowest BCUT2D eigenvalue weighted by Gasteiger charge is -2.11. The zero-order chi connectivity index (χ0) is 11.7. The molecule has 0 bridgehead atoms. The lowest BCUT2D eigenvalue weighted by molar-refractivity contribution is 0.382. The van der Waals surface area contributed by atoms with Crippen LogP contribution < -0.4 is 11.5 Å². The van der Waals surface area contributed by atoms with Crippen molar-refractivity contribution in [2.24, 2.45) is 11.5 Å². The third-order valence-electron chi connectivity index (χ3n) is 1.31. The Morgan fingerprint density at radius 3 is 1.00 bits per heavy atom. The van der Waals surface area contributed by atoms with E-state index in [1.54, 1.807) is 0 Å². The molecule has 0 aliphatic heterocycles. The molecule has 0 spiro atoms. The summed E-state index contributed by atoms with van der Waals surface area (Å²) in [5.74, 6) is 0. The van der Waals surface area contributed by atoms with Crippen molar-refractivity contribution in [3.63, 3.8) is 0 Å². The van der Waals surface area contributed by atoms with Crippen LogP contribution in [0.1, 0.15) is 13.8 Å². The van der Waals surface area contributed by atoms with E-state index in [4.69, 9.17) is 11.5 Å². The molecule has 0 radical (unpaired) electrons. The van der Waals surface area contributed by atoms with E-state index in [1.807, 2.05) is 42.0 Å². The van der Waals surface area contributed by atoms with E-state index < -0.39 is 0 Å². The molecule has 0 heterocycles. The summed E-state index contributed by atoms with van der Waals surface area (Å²) in [5.41, 5.74) is 10.9. The molecular weight excluding hydrogens is 176 g/mol. The van der Waals surface area contributed by atoms with Crippen molar-refractivity contribution in [2.75, 3.05) is 41.3 Å². The van der Waals surface area contributed by atoms with Crippen LogP contribution in [-0.2, 0) is 0 Å². The van der Waals surface area contributed by atoms with Gasteiger partial charge < -0.3 is 21.3 Å². The van der Waals surface area contributed by atoms with E-state index in [0.29, 0.717) is 12.1 Å². The van der Waals surface area contributed by atoms with Crippen LogP contribution in [0.3, 0.4) is 0 Å². The molecule has 0 aromatic rings. The molecule has 14 heavy (non-hydrogen) atoms. The van der Waals surface area contributed by atoms with Crippen LogP contribution in [0.5, 0.6) is 0 Å². The van der Waals surface area contributed by atoms with Gasteiger partial charge in [0.05, 0.1) is 0 Å². The molecule has 0 amide bonds. The van der Waals surface area contributed by atoms with Gasteiger partial charge in [-0.25, -0.2) is 0 Å². The van der Waals surface area contributed by atoms with Gasteiger partial charge >= 0.3 is 0 Å². The smallest absolute Gasteiger partial charge is 0.0138 e. The van der Waals surface area contributed by atoms with E-state index in [-0.39, 0.29) is 0 Å². The first-order chi connectivity index (χ1) is 6.25. The Balaban J connectivity index is 0. The largest absolute Gasteiger partial charge is 0.327 e. The molecule has 88 valence electrons. The topological polar surface area (TPSA) is 58.5 Å². The van der Waals surface area contributed by atoms with Gasteiger partial charge in [0.15, 0.2) is 0 Å². The van der Waals surface area contributed by atoms with Crippen LogP contribution in [0.2, 0.25) is 0 Å². The minimum Gasteiger partial charge on any atom is -0.327 e. The quantitative estimate of drug-likeness (QED) is 0.665. The summed E-state index contributed by atoms with van der Waals surface area (Å²) in [6.07, 6.45) is 0. The molecule has 0 saturated carbocycles. The summed E-state index contributed by atoms with van der Waals surface area (Å²) >= 11 is 0. The number of hydrogen-bond donors (Lipinski definition) is 2. The van der Waals surface area contributed by atoms with Gasteiger partial charge in [0, 0.05) is 25.2 Å². The fourth-order valence-corrected chi connectivity index (χ4v) is 1.15. The SMILES string of the molecule is CC(N)CN(C)C.CC(N)CN(C)C. The summed E-state index contributed by atoms with van der Waals surface area (Å²) in [4.78, 5) is 4.15. The van der Waals surface area contributed by atoms with Crippen molar-refractivity contribution in [1.29, 1.82) is 0 Å². The third kappa shape index (κ3) is 22.6. The Labute approximate surface area is 89.2 Å². The Bertz CT molecular complexity index is 84.7. The number of nitrogens with zero attached hydrogens (tertiary/aromatic N) is 2. The molecule has 0 aliphatic rings. The van der Waals surface area contributed by atoms with E-state index in [0.717, 1.165) is 13.1 Å². The molecule has 0 fully saturated rings. The number of nitrogens with two attached hydrogens (primary N) is 2. The highest BCUT2D eigenvalue weighted by Gasteiger charge is 1.92. The molecule has 2 unspecified atom stereocenters.